The lowest BCUT2D eigenvalue weighted by Crippen LogP contribution is -2.28. The molecule has 9 heteroatoms. The Morgan fingerprint density at radius 1 is 0.962 bits per heavy atom. The maximum absolute atomic E-state index is 12.5. The minimum absolute atomic E-state index is 0.00741. The van der Waals surface area contributed by atoms with Gasteiger partial charge in [-0.1, -0.05) is 0 Å². The summed E-state index contributed by atoms with van der Waals surface area (Å²) in [6.45, 7) is 4.47. The average molecular weight is 399 g/mol. The predicted octanol–water partition coefficient (Wildman–Crippen LogP) is 2.41. The second kappa shape index (κ2) is 7.15. The molecule has 142 valence electrons. The van der Waals surface area contributed by atoms with Crippen molar-refractivity contribution in [3.8, 4) is 0 Å². The van der Waals surface area contributed by atoms with E-state index in [0.717, 1.165) is 12.8 Å². The molecule has 1 aliphatic heterocycles. The van der Waals surface area contributed by atoms with Gasteiger partial charge in [0.15, 0.2) is 0 Å². The van der Waals surface area contributed by atoms with Crippen LogP contribution in [0.4, 0.5) is 0 Å². The van der Waals surface area contributed by atoms with Gasteiger partial charge in [0.05, 0.1) is 15.8 Å². The van der Waals surface area contributed by atoms with Gasteiger partial charge in [-0.2, -0.15) is 4.31 Å². The number of aryl methyl sites for hydroxylation is 1. The highest BCUT2D eigenvalue weighted by molar-refractivity contribution is 7.89. The molecule has 1 N–H and O–H groups in total. The summed E-state index contributed by atoms with van der Waals surface area (Å²) in [6, 6.07) is 8.23. The molecular weight excluding hydrogens is 376 g/mol. The zero-order valence-electron chi connectivity index (χ0n) is 14.7. The molecule has 0 aliphatic carbocycles. The van der Waals surface area contributed by atoms with Crippen molar-refractivity contribution in [1.82, 2.24) is 9.03 Å². The van der Waals surface area contributed by atoms with Crippen LogP contribution < -0.4 is 4.72 Å². The first-order chi connectivity index (χ1) is 12.2. The van der Waals surface area contributed by atoms with Crippen molar-refractivity contribution in [3.63, 3.8) is 0 Å². The van der Waals surface area contributed by atoms with Gasteiger partial charge in [0, 0.05) is 13.1 Å². The number of rotatable bonds is 6. The Bertz CT molecular complexity index is 972. The standard InChI is InChI=1S/C17H22N2O5S2/c1-13-5-10-17(24-13)14(2)18-25(20,21)15-6-8-16(9-7-15)26(22,23)19-11-3-4-12-19/h5-10,14,18H,3-4,11-12H2,1-2H3. The van der Waals surface area contributed by atoms with Crippen LogP contribution in [0.3, 0.4) is 0 Å². The SMILES string of the molecule is Cc1ccc(C(C)NS(=O)(=O)c2ccc(S(=O)(=O)N3CCCC3)cc2)o1. The lowest BCUT2D eigenvalue weighted by Gasteiger charge is -2.16. The van der Waals surface area contributed by atoms with E-state index in [1.807, 2.05) is 0 Å². The van der Waals surface area contributed by atoms with E-state index in [2.05, 4.69) is 4.72 Å². The van der Waals surface area contributed by atoms with E-state index in [0.29, 0.717) is 24.6 Å². The van der Waals surface area contributed by atoms with E-state index in [4.69, 9.17) is 4.42 Å². The summed E-state index contributed by atoms with van der Waals surface area (Å²) in [6.07, 6.45) is 1.69. The van der Waals surface area contributed by atoms with Crippen LogP contribution in [0.15, 0.2) is 50.6 Å². The molecule has 0 radical (unpaired) electrons. The fraction of sp³-hybridized carbons (Fsp3) is 0.412. The van der Waals surface area contributed by atoms with E-state index in [-0.39, 0.29) is 9.79 Å². The summed E-state index contributed by atoms with van der Waals surface area (Å²) < 4.78 is 59.5. The molecular formula is C17H22N2O5S2. The third-order valence-electron chi connectivity index (χ3n) is 4.36. The van der Waals surface area contributed by atoms with E-state index >= 15 is 0 Å². The molecule has 1 unspecified atom stereocenters. The molecule has 0 saturated carbocycles. The van der Waals surface area contributed by atoms with E-state index in [1.165, 1.54) is 28.6 Å². The van der Waals surface area contributed by atoms with Crippen molar-refractivity contribution in [2.75, 3.05) is 13.1 Å². The highest BCUT2D eigenvalue weighted by Gasteiger charge is 2.28. The number of furan rings is 1. The molecule has 1 atom stereocenters. The molecule has 0 amide bonds. The van der Waals surface area contributed by atoms with Crippen molar-refractivity contribution in [1.29, 1.82) is 0 Å². The number of hydrogen-bond donors (Lipinski definition) is 1. The molecule has 0 spiro atoms. The van der Waals surface area contributed by atoms with Crippen molar-refractivity contribution >= 4 is 20.0 Å². The second-order valence-electron chi connectivity index (χ2n) is 6.37. The third-order valence-corrected chi connectivity index (χ3v) is 7.83. The smallest absolute Gasteiger partial charge is 0.243 e. The zero-order chi connectivity index (χ0) is 18.9. The van der Waals surface area contributed by atoms with Crippen molar-refractivity contribution < 1.29 is 21.3 Å². The number of nitrogens with zero attached hydrogens (tertiary/aromatic N) is 1. The number of benzene rings is 1. The molecule has 1 aromatic heterocycles. The van der Waals surface area contributed by atoms with Gasteiger partial charge < -0.3 is 4.42 Å². The Balaban J connectivity index is 1.78. The van der Waals surface area contributed by atoms with Crippen LogP contribution in [0.5, 0.6) is 0 Å². The first-order valence-electron chi connectivity index (χ1n) is 8.39. The molecule has 2 heterocycles. The predicted molar refractivity (Wildman–Crippen MR) is 96.6 cm³/mol. The van der Waals surface area contributed by atoms with Crippen LogP contribution >= 0.6 is 0 Å². The second-order valence-corrected chi connectivity index (χ2v) is 10.0. The molecule has 3 rings (SSSR count). The molecule has 1 saturated heterocycles. The van der Waals surface area contributed by atoms with E-state index < -0.39 is 26.1 Å². The van der Waals surface area contributed by atoms with Gasteiger partial charge >= 0.3 is 0 Å². The highest BCUT2D eigenvalue weighted by Crippen LogP contribution is 2.23. The molecule has 1 aliphatic rings. The quantitative estimate of drug-likeness (QED) is 0.806. The van der Waals surface area contributed by atoms with Crippen LogP contribution in [0.2, 0.25) is 0 Å². The van der Waals surface area contributed by atoms with Crippen LogP contribution in [0, 0.1) is 6.92 Å². The first kappa shape index (κ1) is 19.1. The lowest BCUT2D eigenvalue weighted by atomic mass is 10.3. The maximum atomic E-state index is 12.5. The molecule has 0 bridgehead atoms. The minimum atomic E-state index is -3.80. The highest BCUT2D eigenvalue weighted by atomic mass is 32.2. The zero-order valence-corrected chi connectivity index (χ0v) is 16.3. The summed E-state index contributed by atoms with van der Waals surface area (Å²) >= 11 is 0. The monoisotopic (exact) mass is 398 g/mol. The summed E-state index contributed by atoms with van der Waals surface area (Å²) in [5.74, 6) is 1.21. The Labute approximate surface area is 154 Å². The van der Waals surface area contributed by atoms with Gasteiger partial charge in [-0.15, -0.1) is 0 Å². The third kappa shape index (κ3) is 3.85. The first-order valence-corrected chi connectivity index (χ1v) is 11.3. The molecule has 1 fully saturated rings. The number of nitrogens with one attached hydrogen (secondary N) is 1. The van der Waals surface area contributed by atoms with Crippen molar-refractivity contribution in [2.45, 2.75) is 42.5 Å². The Morgan fingerprint density at radius 2 is 1.54 bits per heavy atom. The average Bonchev–Trinajstić information content (AvgIpc) is 3.26. The van der Waals surface area contributed by atoms with Crippen LogP contribution in [-0.4, -0.2) is 34.2 Å². The fourth-order valence-electron chi connectivity index (χ4n) is 2.91. The van der Waals surface area contributed by atoms with E-state index in [1.54, 1.807) is 26.0 Å². The fourth-order valence-corrected chi connectivity index (χ4v) is 5.64. The van der Waals surface area contributed by atoms with Gasteiger partial charge in [0.2, 0.25) is 20.0 Å². The van der Waals surface area contributed by atoms with Gasteiger partial charge in [0.1, 0.15) is 11.5 Å². The van der Waals surface area contributed by atoms with Gasteiger partial charge in [0.25, 0.3) is 0 Å². The number of hydrogen-bond acceptors (Lipinski definition) is 5. The Kier molecular flexibility index (Phi) is 5.25. The van der Waals surface area contributed by atoms with Crippen LogP contribution in [-0.2, 0) is 20.0 Å². The Hall–Kier alpha value is -1.68. The largest absolute Gasteiger partial charge is 0.465 e. The van der Waals surface area contributed by atoms with Crippen LogP contribution in [0.1, 0.15) is 37.3 Å². The van der Waals surface area contributed by atoms with Gasteiger partial charge in [-0.3, -0.25) is 0 Å². The molecule has 1 aromatic carbocycles. The lowest BCUT2D eigenvalue weighted by molar-refractivity contribution is 0.441. The van der Waals surface area contributed by atoms with Gasteiger partial charge in [-0.25, -0.2) is 21.6 Å². The summed E-state index contributed by atoms with van der Waals surface area (Å²) in [4.78, 5) is 0.112. The summed E-state index contributed by atoms with van der Waals surface area (Å²) in [7, 11) is -7.36. The van der Waals surface area contributed by atoms with Crippen LogP contribution in [0.25, 0.3) is 0 Å². The minimum Gasteiger partial charge on any atom is -0.465 e. The van der Waals surface area contributed by atoms with Crippen molar-refractivity contribution in [3.05, 3.63) is 47.9 Å². The molecule has 2 aromatic rings. The topological polar surface area (TPSA) is 96.7 Å². The molecule has 26 heavy (non-hydrogen) atoms. The number of sulfonamides is 2. The Morgan fingerprint density at radius 3 is 2.08 bits per heavy atom. The molecule has 7 nitrogen and oxygen atoms in total. The van der Waals surface area contributed by atoms with Crippen molar-refractivity contribution in [2.24, 2.45) is 0 Å². The van der Waals surface area contributed by atoms with E-state index in [9.17, 15) is 16.8 Å². The summed E-state index contributed by atoms with van der Waals surface area (Å²) in [5, 5.41) is 0. The normalized spacial score (nSPS) is 17.5. The van der Waals surface area contributed by atoms with Gasteiger partial charge in [-0.05, 0) is 63.1 Å². The summed E-state index contributed by atoms with van der Waals surface area (Å²) in [5.41, 5.74) is 0. The maximum Gasteiger partial charge on any atom is 0.243 e.